The van der Waals surface area contributed by atoms with E-state index in [0.29, 0.717) is 0 Å². The van der Waals surface area contributed by atoms with E-state index in [-0.39, 0.29) is 23.7 Å². The lowest BCUT2D eigenvalue weighted by Gasteiger charge is -2.19. The van der Waals surface area contributed by atoms with E-state index in [4.69, 9.17) is 4.74 Å². The first-order valence-corrected chi connectivity index (χ1v) is 7.09. The van der Waals surface area contributed by atoms with Gasteiger partial charge in [-0.15, -0.1) is 0 Å². The zero-order valence-electron chi connectivity index (χ0n) is 12.7. The maximum atomic E-state index is 11.9. The number of nitrogens with one attached hydrogen (secondary N) is 2. The average molecular weight is 305 g/mol. The van der Waals surface area contributed by atoms with Crippen LogP contribution in [0.25, 0.3) is 5.95 Å². The van der Waals surface area contributed by atoms with Gasteiger partial charge in [0.1, 0.15) is 0 Å². The third-order valence-electron chi connectivity index (χ3n) is 3.23. The molecule has 2 rings (SSSR count). The third-order valence-corrected chi connectivity index (χ3v) is 3.23. The molecule has 118 valence electrons. The quantitative estimate of drug-likeness (QED) is 0.871. The topological polar surface area (TPSA) is 102 Å². The highest BCUT2D eigenvalue weighted by Crippen LogP contribution is 2.07. The minimum absolute atomic E-state index is 0.0112. The maximum absolute atomic E-state index is 11.9. The first-order chi connectivity index (χ1) is 10.5. The second-order valence-corrected chi connectivity index (χ2v) is 5.14. The van der Waals surface area contributed by atoms with Gasteiger partial charge in [0.05, 0.1) is 6.20 Å². The van der Waals surface area contributed by atoms with Crippen molar-refractivity contribution in [1.29, 1.82) is 0 Å². The minimum Gasteiger partial charge on any atom is -0.403 e. The van der Waals surface area contributed by atoms with E-state index >= 15 is 0 Å². The largest absolute Gasteiger partial charge is 0.413 e. The van der Waals surface area contributed by atoms with Gasteiger partial charge in [0.15, 0.2) is 0 Å². The van der Waals surface area contributed by atoms with Gasteiger partial charge in [-0.3, -0.25) is 9.78 Å². The molecule has 22 heavy (non-hydrogen) atoms. The molecular weight excluding hydrogens is 286 g/mol. The molecule has 0 radical (unpaired) electrons. The lowest BCUT2D eigenvalue weighted by Crippen LogP contribution is -2.40. The number of amides is 1. The number of hydrogen-bond donors (Lipinski definition) is 2. The molecule has 1 unspecified atom stereocenters. The molecule has 0 saturated heterocycles. The van der Waals surface area contributed by atoms with Gasteiger partial charge in [-0.1, -0.05) is 20.8 Å². The number of rotatable bonds is 5. The molecule has 0 fully saturated rings. The molecule has 8 heteroatoms. The van der Waals surface area contributed by atoms with Crippen molar-refractivity contribution < 1.29 is 9.53 Å². The van der Waals surface area contributed by atoms with Crippen LogP contribution in [0.15, 0.2) is 29.5 Å². The van der Waals surface area contributed by atoms with Crippen molar-refractivity contribution in [3.05, 3.63) is 35.0 Å². The normalized spacial score (nSPS) is 12.2. The molecule has 0 aliphatic rings. The fourth-order valence-electron chi connectivity index (χ4n) is 1.98. The van der Waals surface area contributed by atoms with Gasteiger partial charge in [-0.2, -0.15) is 5.10 Å². The molecule has 1 amide bonds. The molecule has 0 aliphatic carbocycles. The summed E-state index contributed by atoms with van der Waals surface area (Å²) in [6.07, 6.45) is 4.51. The van der Waals surface area contributed by atoms with Gasteiger partial charge in [0.2, 0.25) is 11.7 Å². The van der Waals surface area contributed by atoms with Crippen LogP contribution in [0.2, 0.25) is 0 Å². The lowest BCUT2D eigenvalue weighted by molar-refractivity contribution is 0.190. The number of hydrogen-bond acceptors (Lipinski definition) is 5. The van der Waals surface area contributed by atoms with Crippen molar-refractivity contribution in [1.82, 2.24) is 25.1 Å². The fraction of sp³-hybridized carbons (Fsp3) is 0.429. The smallest absolute Gasteiger partial charge is 0.403 e. The molecule has 2 N–H and O–H groups in total. The van der Waals surface area contributed by atoms with Crippen LogP contribution in [0.1, 0.15) is 27.2 Å². The second-order valence-electron chi connectivity index (χ2n) is 5.14. The zero-order chi connectivity index (χ0) is 16.1. The van der Waals surface area contributed by atoms with E-state index in [1.54, 1.807) is 18.5 Å². The summed E-state index contributed by atoms with van der Waals surface area (Å²) < 4.78 is 6.41. The van der Waals surface area contributed by atoms with E-state index in [1.807, 2.05) is 20.8 Å². The van der Waals surface area contributed by atoms with Crippen LogP contribution in [0.4, 0.5) is 4.79 Å². The van der Waals surface area contributed by atoms with Crippen LogP contribution in [0.3, 0.4) is 0 Å². The fourth-order valence-corrected chi connectivity index (χ4v) is 1.98. The molecule has 2 aromatic heterocycles. The molecule has 0 saturated carbocycles. The molecule has 0 aromatic carbocycles. The van der Waals surface area contributed by atoms with Crippen LogP contribution in [-0.4, -0.2) is 31.9 Å². The van der Waals surface area contributed by atoms with Crippen molar-refractivity contribution in [3.8, 4) is 11.7 Å². The van der Waals surface area contributed by atoms with Crippen LogP contribution in [0.5, 0.6) is 5.75 Å². The summed E-state index contributed by atoms with van der Waals surface area (Å²) in [5.41, 5.74) is -0.548. The van der Waals surface area contributed by atoms with Crippen LogP contribution < -0.4 is 15.6 Å². The average Bonchev–Trinajstić information content (AvgIpc) is 3.00. The van der Waals surface area contributed by atoms with Crippen molar-refractivity contribution in [2.45, 2.75) is 33.2 Å². The Morgan fingerprint density at radius 2 is 2.27 bits per heavy atom. The van der Waals surface area contributed by atoms with E-state index in [0.717, 1.165) is 6.42 Å². The SMILES string of the molecule is CCC(NC(=O)Oc1cnc(-n2cccn2)[nH]c1=O)C(C)C. The van der Waals surface area contributed by atoms with E-state index < -0.39 is 11.7 Å². The van der Waals surface area contributed by atoms with Crippen molar-refractivity contribution >= 4 is 6.09 Å². The van der Waals surface area contributed by atoms with Gasteiger partial charge in [-0.25, -0.2) is 14.5 Å². The Balaban J connectivity index is 2.07. The Labute approximate surface area is 127 Å². The van der Waals surface area contributed by atoms with Crippen LogP contribution in [-0.2, 0) is 0 Å². The number of nitrogens with zero attached hydrogens (tertiary/aromatic N) is 3. The molecule has 0 aliphatic heterocycles. The molecule has 1 atom stereocenters. The molecule has 2 aromatic rings. The summed E-state index contributed by atoms with van der Waals surface area (Å²) in [6.45, 7) is 5.97. The predicted octanol–water partition coefficient (Wildman–Crippen LogP) is 1.48. The summed E-state index contributed by atoms with van der Waals surface area (Å²) in [5.74, 6) is 0.361. The maximum Gasteiger partial charge on any atom is 0.413 e. The summed E-state index contributed by atoms with van der Waals surface area (Å²) in [6, 6.07) is 1.69. The monoisotopic (exact) mass is 305 g/mol. The highest BCUT2D eigenvalue weighted by atomic mass is 16.6. The Bertz CT molecular complexity index is 678. The first kappa shape index (κ1) is 15.7. The second kappa shape index (κ2) is 6.88. The zero-order valence-corrected chi connectivity index (χ0v) is 12.7. The predicted molar refractivity (Wildman–Crippen MR) is 80.1 cm³/mol. The molecule has 8 nitrogen and oxygen atoms in total. The number of carbonyl (C=O) groups is 1. The Kier molecular flexibility index (Phi) is 4.92. The third kappa shape index (κ3) is 3.72. The van der Waals surface area contributed by atoms with Crippen LogP contribution in [0, 0.1) is 5.92 Å². The van der Waals surface area contributed by atoms with Gasteiger partial charge in [0.25, 0.3) is 5.56 Å². The number of aromatic nitrogens is 4. The molecular formula is C14H19N5O3. The Morgan fingerprint density at radius 1 is 1.50 bits per heavy atom. The number of H-pyrrole nitrogens is 1. The standard InChI is InChI=1S/C14H19N5O3/c1-4-10(9(2)3)17-14(21)22-11-8-15-13(18-12(11)20)19-7-5-6-16-19/h5-10H,4H2,1-3H3,(H,17,21)(H,15,18,20). The van der Waals surface area contributed by atoms with Gasteiger partial charge >= 0.3 is 6.09 Å². The van der Waals surface area contributed by atoms with Crippen molar-refractivity contribution in [3.63, 3.8) is 0 Å². The van der Waals surface area contributed by atoms with Gasteiger partial charge in [0, 0.05) is 18.4 Å². The van der Waals surface area contributed by atoms with Gasteiger partial charge in [-0.05, 0) is 18.4 Å². The summed E-state index contributed by atoms with van der Waals surface area (Å²) in [7, 11) is 0. The summed E-state index contributed by atoms with van der Waals surface area (Å²) in [5, 5.41) is 6.68. The van der Waals surface area contributed by atoms with Crippen LogP contribution >= 0.6 is 0 Å². The Morgan fingerprint density at radius 3 is 2.82 bits per heavy atom. The molecule has 0 spiro atoms. The summed E-state index contributed by atoms with van der Waals surface area (Å²) >= 11 is 0. The van der Waals surface area contributed by atoms with E-state index in [1.165, 1.54) is 10.9 Å². The Hall–Kier alpha value is -2.64. The summed E-state index contributed by atoms with van der Waals surface area (Å²) in [4.78, 5) is 30.3. The highest BCUT2D eigenvalue weighted by molar-refractivity contribution is 5.70. The number of ether oxygens (including phenoxy) is 1. The number of aromatic amines is 1. The van der Waals surface area contributed by atoms with Crippen molar-refractivity contribution in [2.24, 2.45) is 5.92 Å². The lowest BCUT2D eigenvalue weighted by atomic mass is 10.0. The molecule has 2 heterocycles. The first-order valence-electron chi connectivity index (χ1n) is 7.09. The highest BCUT2D eigenvalue weighted by Gasteiger charge is 2.16. The number of carbonyl (C=O) groups excluding carboxylic acids is 1. The van der Waals surface area contributed by atoms with E-state index in [9.17, 15) is 9.59 Å². The van der Waals surface area contributed by atoms with E-state index in [2.05, 4.69) is 20.4 Å². The van der Waals surface area contributed by atoms with Gasteiger partial charge < -0.3 is 10.1 Å². The molecule has 0 bridgehead atoms. The van der Waals surface area contributed by atoms with Crippen molar-refractivity contribution in [2.75, 3.05) is 0 Å². The minimum atomic E-state index is -0.667.